The Bertz CT molecular complexity index is 608. The van der Waals surface area contributed by atoms with Gasteiger partial charge in [0.1, 0.15) is 5.15 Å². The fourth-order valence-corrected chi connectivity index (χ4v) is 2.60. The highest BCUT2D eigenvalue weighted by Crippen LogP contribution is 2.23. The molecule has 100 valence electrons. The summed E-state index contributed by atoms with van der Waals surface area (Å²) >= 11 is 6.31. The number of nitrogens with one attached hydrogen (secondary N) is 1. The van der Waals surface area contributed by atoms with Crippen molar-refractivity contribution in [3.8, 4) is 0 Å². The predicted octanol–water partition coefficient (Wildman–Crippen LogP) is 2.60. The Labute approximate surface area is 118 Å². The van der Waals surface area contributed by atoms with Crippen molar-refractivity contribution in [3.63, 3.8) is 0 Å². The van der Waals surface area contributed by atoms with E-state index < -0.39 is 0 Å². The van der Waals surface area contributed by atoms with Gasteiger partial charge in [-0.3, -0.25) is 4.90 Å². The van der Waals surface area contributed by atoms with Crippen molar-refractivity contribution in [2.45, 2.75) is 19.5 Å². The van der Waals surface area contributed by atoms with Gasteiger partial charge in [-0.2, -0.15) is 0 Å². The lowest BCUT2D eigenvalue weighted by Crippen LogP contribution is -2.55. The molecule has 0 radical (unpaired) electrons. The summed E-state index contributed by atoms with van der Waals surface area (Å²) in [4.78, 5) is 6.85. The molecule has 19 heavy (non-hydrogen) atoms. The summed E-state index contributed by atoms with van der Waals surface area (Å²) in [5, 5.41) is 5.07. The number of benzene rings is 1. The number of rotatable bonds is 3. The van der Waals surface area contributed by atoms with Crippen molar-refractivity contribution in [1.29, 1.82) is 0 Å². The zero-order chi connectivity index (χ0) is 13.4. The topological polar surface area (TPSA) is 28.2 Å². The van der Waals surface area contributed by atoms with Gasteiger partial charge in [-0.1, -0.05) is 23.7 Å². The van der Waals surface area contributed by atoms with Crippen LogP contribution in [0.25, 0.3) is 10.9 Å². The van der Waals surface area contributed by atoms with Gasteiger partial charge in [-0.15, -0.1) is 0 Å². The molecule has 1 aliphatic heterocycles. The third-order valence-corrected chi connectivity index (χ3v) is 4.13. The fourth-order valence-electron chi connectivity index (χ4n) is 2.39. The van der Waals surface area contributed by atoms with Gasteiger partial charge >= 0.3 is 0 Å². The minimum Gasteiger partial charge on any atom is -0.314 e. The summed E-state index contributed by atoms with van der Waals surface area (Å²) in [6.07, 6.45) is 0. The van der Waals surface area contributed by atoms with E-state index in [1.54, 1.807) is 0 Å². The van der Waals surface area contributed by atoms with Gasteiger partial charge in [0.25, 0.3) is 0 Å². The van der Waals surface area contributed by atoms with Crippen molar-refractivity contribution in [1.82, 2.24) is 15.2 Å². The number of likely N-dealkylation sites (N-methyl/N-ethyl adjacent to an activating group) is 1. The first-order valence-electron chi connectivity index (χ1n) is 6.60. The Morgan fingerprint density at radius 3 is 2.84 bits per heavy atom. The van der Waals surface area contributed by atoms with Crippen LogP contribution in [0.4, 0.5) is 0 Å². The molecular weight excluding hydrogens is 258 g/mol. The molecule has 2 heterocycles. The zero-order valence-electron chi connectivity index (χ0n) is 11.3. The van der Waals surface area contributed by atoms with Gasteiger partial charge in [-0.05, 0) is 31.7 Å². The van der Waals surface area contributed by atoms with E-state index in [2.05, 4.69) is 53.4 Å². The molecule has 1 saturated heterocycles. The maximum Gasteiger partial charge on any atom is 0.134 e. The van der Waals surface area contributed by atoms with Gasteiger partial charge < -0.3 is 5.32 Å². The molecule has 1 aliphatic rings. The van der Waals surface area contributed by atoms with Crippen LogP contribution in [-0.4, -0.2) is 36.1 Å². The van der Waals surface area contributed by atoms with E-state index in [9.17, 15) is 0 Å². The second-order valence-corrected chi connectivity index (χ2v) is 5.72. The fraction of sp³-hybridized carbons (Fsp3) is 0.400. The molecule has 0 spiro atoms. The second-order valence-electron chi connectivity index (χ2n) is 5.36. The highest BCUT2D eigenvalue weighted by Gasteiger charge is 2.22. The molecule has 0 saturated carbocycles. The van der Waals surface area contributed by atoms with Crippen molar-refractivity contribution < 1.29 is 0 Å². The molecule has 1 fully saturated rings. The molecule has 2 aromatic rings. The minimum absolute atomic E-state index is 0.616. The molecule has 3 nitrogen and oxygen atoms in total. The summed E-state index contributed by atoms with van der Waals surface area (Å²) in [7, 11) is 2.14. The van der Waals surface area contributed by atoms with Crippen LogP contribution in [0.3, 0.4) is 0 Å². The van der Waals surface area contributed by atoms with Gasteiger partial charge in [0.15, 0.2) is 0 Å². The Morgan fingerprint density at radius 2 is 2.16 bits per heavy atom. The van der Waals surface area contributed by atoms with Crippen molar-refractivity contribution in [2.75, 3.05) is 20.1 Å². The molecular formula is C15H18ClN3. The molecule has 0 atom stereocenters. The normalized spacial score (nSPS) is 16.0. The molecule has 1 aromatic carbocycles. The van der Waals surface area contributed by atoms with Gasteiger partial charge in [0.05, 0.1) is 5.52 Å². The standard InChI is InChI=1S/C15H18ClN3/c1-10-3-4-11-6-12(15(16)18-14(11)5-10)9-19(2)13-7-17-8-13/h3-6,13,17H,7-9H2,1-2H3. The van der Waals surface area contributed by atoms with Crippen LogP contribution >= 0.6 is 11.6 Å². The number of hydrogen-bond donors (Lipinski definition) is 1. The van der Waals surface area contributed by atoms with Crippen molar-refractivity contribution in [3.05, 3.63) is 40.5 Å². The zero-order valence-corrected chi connectivity index (χ0v) is 12.0. The average molecular weight is 276 g/mol. The predicted molar refractivity (Wildman–Crippen MR) is 79.6 cm³/mol. The summed E-state index contributed by atoms with van der Waals surface area (Å²) in [5.74, 6) is 0. The monoisotopic (exact) mass is 275 g/mol. The number of pyridine rings is 1. The van der Waals surface area contributed by atoms with E-state index in [0.717, 1.165) is 36.1 Å². The minimum atomic E-state index is 0.616. The smallest absolute Gasteiger partial charge is 0.134 e. The Morgan fingerprint density at radius 1 is 1.37 bits per heavy atom. The van der Waals surface area contributed by atoms with Crippen LogP contribution in [0.5, 0.6) is 0 Å². The molecule has 0 aliphatic carbocycles. The van der Waals surface area contributed by atoms with Crippen LogP contribution in [-0.2, 0) is 6.54 Å². The van der Waals surface area contributed by atoms with E-state index in [1.807, 2.05) is 0 Å². The van der Waals surface area contributed by atoms with Gasteiger partial charge in [-0.25, -0.2) is 4.98 Å². The Balaban J connectivity index is 1.90. The summed E-state index contributed by atoms with van der Waals surface area (Å²) in [5.41, 5.74) is 3.29. The van der Waals surface area contributed by atoms with E-state index in [4.69, 9.17) is 11.6 Å². The molecule has 1 aromatic heterocycles. The summed E-state index contributed by atoms with van der Waals surface area (Å²) in [6, 6.07) is 9.07. The number of fused-ring (bicyclic) bond motifs is 1. The molecule has 4 heteroatoms. The number of hydrogen-bond acceptors (Lipinski definition) is 3. The van der Waals surface area contributed by atoms with Crippen molar-refractivity contribution >= 4 is 22.5 Å². The SMILES string of the molecule is Cc1ccc2cc(CN(C)C3CNC3)c(Cl)nc2c1. The molecule has 1 N–H and O–H groups in total. The number of aryl methyl sites for hydroxylation is 1. The number of aromatic nitrogens is 1. The molecule has 0 amide bonds. The lowest BCUT2D eigenvalue weighted by molar-refractivity contribution is 0.173. The van der Waals surface area contributed by atoms with E-state index in [0.29, 0.717) is 11.2 Å². The third kappa shape index (κ3) is 2.59. The van der Waals surface area contributed by atoms with Crippen LogP contribution < -0.4 is 5.32 Å². The van der Waals surface area contributed by atoms with E-state index in [1.165, 1.54) is 5.56 Å². The van der Waals surface area contributed by atoms with Crippen LogP contribution in [0.15, 0.2) is 24.3 Å². The Kier molecular flexibility index (Phi) is 3.44. The first-order valence-corrected chi connectivity index (χ1v) is 6.98. The Hall–Kier alpha value is -1.16. The second kappa shape index (κ2) is 5.08. The number of nitrogens with zero attached hydrogens (tertiary/aromatic N) is 2. The maximum absolute atomic E-state index is 6.31. The van der Waals surface area contributed by atoms with Crippen LogP contribution in [0.2, 0.25) is 5.15 Å². The first kappa shape index (κ1) is 12.9. The maximum atomic E-state index is 6.31. The van der Waals surface area contributed by atoms with Crippen LogP contribution in [0.1, 0.15) is 11.1 Å². The first-order chi connectivity index (χ1) is 9.13. The number of halogens is 1. The highest BCUT2D eigenvalue weighted by molar-refractivity contribution is 6.30. The van der Waals surface area contributed by atoms with Crippen LogP contribution in [0, 0.1) is 6.92 Å². The summed E-state index contributed by atoms with van der Waals surface area (Å²) in [6.45, 7) is 5.05. The highest BCUT2D eigenvalue weighted by atomic mass is 35.5. The lowest BCUT2D eigenvalue weighted by atomic mass is 10.1. The average Bonchev–Trinajstić information content (AvgIpc) is 2.28. The largest absolute Gasteiger partial charge is 0.314 e. The third-order valence-electron chi connectivity index (χ3n) is 3.80. The quantitative estimate of drug-likeness (QED) is 0.873. The van der Waals surface area contributed by atoms with E-state index in [-0.39, 0.29) is 0 Å². The van der Waals surface area contributed by atoms with E-state index >= 15 is 0 Å². The lowest BCUT2D eigenvalue weighted by Gasteiger charge is -2.35. The van der Waals surface area contributed by atoms with Gasteiger partial charge in [0.2, 0.25) is 0 Å². The molecule has 3 rings (SSSR count). The van der Waals surface area contributed by atoms with Crippen molar-refractivity contribution in [2.24, 2.45) is 0 Å². The summed E-state index contributed by atoms with van der Waals surface area (Å²) < 4.78 is 0. The molecule has 0 bridgehead atoms. The molecule has 0 unspecified atom stereocenters. The van der Waals surface area contributed by atoms with Gasteiger partial charge in [0, 0.05) is 36.6 Å².